The van der Waals surface area contributed by atoms with Crippen LogP contribution in [0.1, 0.15) is 89.9 Å². The van der Waals surface area contributed by atoms with Crippen molar-refractivity contribution in [2.45, 2.75) is 89.9 Å². The van der Waals surface area contributed by atoms with E-state index in [4.69, 9.17) is 0 Å². The van der Waals surface area contributed by atoms with Crippen LogP contribution in [-0.4, -0.2) is 72.5 Å². The molecule has 0 heterocycles. The summed E-state index contributed by atoms with van der Waals surface area (Å²) < 4.78 is 9.20. The van der Waals surface area contributed by atoms with Crippen molar-refractivity contribution < 1.29 is 38.9 Å². The van der Waals surface area contributed by atoms with Crippen LogP contribution in [0.5, 0.6) is 0 Å². The zero-order valence-electron chi connectivity index (χ0n) is 22.6. The van der Waals surface area contributed by atoms with Crippen LogP contribution in [0.4, 0.5) is 0 Å². The van der Waals surface area contributed by atoms with E-state index in [0.29, 0.717) is 63.0 Å². The van der Waals surface area contributed by atoms with Crippen LogP contribution < -0.4 is 0 Å². The summed E-state index contributed by atoms with van der Waals surface area (Å²) in [5.74, 6) is -1.35. The molecule has 210 valence electrons. The second kappa shape index (κ2) is 16.5. The number of ketones is 2. The maximum absolute atomic E-state index is 12.4. The highest BCUT2D eigenvalue weighted by molar-refractivity contribution is 6.24. The van der Waals surface area contributed by atoms with Crippen LogP contribution in [-0.2, 0) is 28.7 Å². The molecule has 2 saturated carbocycles. The molecule has 0 aromatic carbocycles. The Bertz CT molecular complexity index is 926. The number of ether oxygens (including phenoxy) is 2. The number of nitrogens with zero attached hydrogens (tertiary/aromatic N) is 2. The summed E-state index contributed by atoms with van der Waals surface area (Å²) in [6.45, 7) is 1.08. The third-order valence-electron chi connectivity index (χ3n) is 6.61. The SMILES string of the molecule is COC(=O)CC/C(O)=C1\C(=O)CCCC1=NCCCCCCN=C1CCCC(=O)/C1=C(/O)CCC(=O)OC. The van der Waals surface area contributed by atoms with Crippen molar-refractivity contribution in [2.75, 3.05) is 27.3 Å². The van der Waals surface area contributed by atoms with E-state index in [1.165, 1.54) is 14.2 Å². The molecular formula is C28H40N2O8. The van der Waals surface area contributed by atoms with Crippen molar-refractivity contribution in [1.29, 1.82) is 0 Å². The van der Waals surface area contributed by atoms with Crippen molar-refractivity contribution in [2.24, 2.45) is 9.98 Å². The van der Waals surface area contributed by atoms with Crippen LogP contribution in [0.15, 0.2) is 32.6 Å². The molecule has 2 aliphatic carbocycles. The molecule has 2 rings (SSSR count). The summed E-state index contributed by atoms with van der Waals surface area (Å²) >= 11 is 0. The first kappa shape index (κ1) is 30.9. The van der Waals surface area contributed by atoms with Gasteiger partial charge in [-0.05, 0) is 38.5 Å². The quantitative estimate of drug-likeness (QED) is 0.153. The second-order valence-corrected chi connectivity index (χ2v) is 9.42. The Morgan fingerprint density at radius 2 is 1.05 bits per heavy atom. The minimum absolute atomic E-state index is 0.00907. The molecule has 0 unspecified atom stereocenters. The summed E-state index contributed by atoms with van der Waals surface area (Å²) in [7, 11) is 2.56. The largest absolute Gasteiger partial charge is 0.511 e. The molecule has 0 aromatic heterocycles. The fourth-order valence-electron chi connectivity index (χ4n) is 4.53. The van der Waals surface area contributed by atoms with Crippen molar-refractivity contribution >= 4 is 34.9 Å². The van der Waals surface area contributed by atoms with Crippen LogP contribution in [0.25, 0.3) is 0 Å². The van der Waals surface area contributed by atoms with Gasteiger partial charge in [0.15, 0.2) is 11.6 Å². The van der Waals surface area contributed by atoms with E-state index in [1.807, 2.05) is 0 Å². The van der Waals surface area contributed by atoms with Gasteiger partial charge in [0.05, 0.1) is 38.2 Å². The van der Waals surface area contributed by atoms with E-state index < -0.39 is 11.9 Å². The highest BCUT2D eigenvalue weighted by Crippen LogP contribution is 2.24. The van der Waals surface area contributed by atoms with Crippen LogP contribution in [0.2, 0.25) is 0 Å². The lowest BCUT2D eigenvalue weighted by atomic mass is 9.89. The fraction of sp³-hybridized carbons (Fsp3) is 0.643. The smallest absolute Gasteiger partial charge is 0.305 e. The number of methoxy groups -OCH3 is 2. The zero-order valence-corrected chi connectivity index (χ0v) is 22.6. The molecule has 0 aromatic rings. The summed E-state index contributed by atoms with van der Waals surface area (Å²) in [4.78, 5) is 56.6. The first-order valence-corrected chi connectivity index (χ1v) is 13.4. The Morgan fingerprint density at radius 3 is 1.42 bits per heavy atom. The third-order valence-corrected chi connectivity index (χ3v) is 6.61. The fourth-order valence-corrected chi connectivity index (χ4v) is 4.53. The highest BCUT2D eigenvalue weighted by Gasteiger charge is 2.26. The number of allylic oxidation sites excluding steroid dienone is 4. The molecule has 10 nitrogen and oxygen atoms in total. The van der Waals surface area contributed by atoms with Gasteiger partial charge < -0.3 is 19.7 Å². The van der Waals surface area contributed by atoms with Crippen LogP contribution in [0, 0.1) is 0 Å². The average molecular weight is 533 g/mol. The minimum atomic E-state index is -0.443. The van der Waals surface area contributed by atoms with E-state index in [-0.39, 0.29) is 59.9 Å². The summed E-state index contributed by atoms with van der Waals surface area (Å²) in [5.41, 5.74) is 1.75. The van der Waals surface area contributed by atoms with E-state index in [2.05, 4.69) is 19.5 Å². The lowest BCUT2D eigenvalue weighted by molar-refractivity contribution is -0.141. The standard InChI is InChI=1S/C28H40N2O8/c1-37-25(35)15-13-23(33)27-19(9-7-11-21(27)31)29-17-5-3-4-6-18-30-20-10-8-12-22(32)28(20)24(34)14-16-26(36)38-2/h33-34H,3-18H2,1-2H3/b27-23+,28-24+,29-19?,30-20?. The van der Waals surface area contributed by atoms with Crippen molar-refractivity contribution in [1.82, 2.24) is 0 Å². The lowest BCUT2D eigenvalue weighted by Crippen LogP contribution is -2.22. The summed E-state index contributed by atoms with van der Waals surface area (Å²) in [6, 6.07) is 0. The first-order chi connectivity index (χ1) is 18.3. The van der Waals surface area contributed by atoms with E-state index in [1.54, 1.807) is 0 Å². The topological polar surface area (TPSA) is 152 Å². The molecule has 2 N–H and O–H groups in total. The van der Waals surface area contributed by atoms with Gasteiger partial charge in [-0.3, -0.25) is 29.2 Å². The maximum atomic E-state index is 12.4. The summed E-state index contributed by atoms with van der Waals surface area (Å²) in [5, 5.41) is 20.8. The number of carbonyl (C=O) groups excluding carboxylic acids is 4. The van der Waals surface area contributed by atoms with Gasteiger partial charge in [0.2, 0.25) is 0 Å². The average Bonchev–Trinajstić information content (AvgIpc) is 2.91. The number of aliphatic hydroxyl groups excluding tert-OH is 2. The second-order valence-electron chi connectivity index (χ2n) is 9.42. The van der Waals surface area contributed by atoms with Crippen LogP contribution in [0.3, 0.4) is 0 Å². The number of hydrogen-bond donors (Lipinski definition) is 2. The first-order valence-electron chi connectivity index (χ1n) is 13.4. The van der Waals surface area contributed by atoms with E-state index in [0.717, 1.165) is 25.7 Å². The monoisotopic (exact) mass is 532 g/mol. The predicted octanol–water partition coefficient (Wildman–Crippen LogP) is 4.47. The van der Waals surface area contributed by atoms with Gasteiger partial charge in [0.25, 0.3) is 0 Å². The number of Topliss-reactive ketones (excluding diaryl/α,β-unsaturated/α-hetero) is 2. The van der Waals surface area contributed by atoms with Gasteiger partial charge >= 0.3 is 11.9 Å². The molecule has 0 spiro atoms. The molecule has 0 radical (unpaired) electrons. The molecule has 10 heteroatoms. The molecule has 2 aliphatic rings. The van der Waals surface area contributed by atoms with Gasteiger partial charge in [0.1, 0.15) is 11.5 Å². The minimum Gasteiger partial charge on any atom is -0.511 e. The number of carbonyl (C=O) groups is 4. The zero-order chi connectivity index (χ0) is 27.9. The van der Waals surface area contributed by atoms with E-state index >= 15 is 0 Å². The molecule has 0 atom stereocenters. The molecular weight excluding hydrogens is 492 g/mol. The number of unbranched alkanes of at least 4 members (excludes halogenated alkanes) is 3. The number of rotatable bonds is 13. The highest BCUT2D eigenvalue weighted by atomic mass is 16.5. The molecule has 2 fully saturated rings. The molecule has 0 bridgehead atoms. The number of aliphatic hydroxyl groups is 2. The Morgan fingerprint density at radius 1 is 0.658 bits per heavy atom. The maximum Gasteiger partial charge on any atom is 0.305 e. The van der Waals surface area contributed by atoms with Crippen LogP contribution >= 0.6 is 0 Å². The Balaban J connectivity index is 1.83. The van der Waals surface area contributed by atoms with Gasteiger partial charge in [-0.1, -0.05) is 12.8 Å². The number of esters is 2. The summed E-state index contributed by atoms with van der Waals surface area (Å²) in [6.07, 6.45) is 6.98. The molecule has 0 amide bonds. The Kier molecular flexibility index (Phi) is 13.4. The van der Waals surface area contributed by atoms with E-state index in [9.17, 15) is 29.4 Å². The van der Waals surface area contributed by atoms with Gasteiger partial charge in [-0.2, -0.15) is 0 Å². The van der Waals surface area contributed by atoms with Gasteiger partial charge in [0, 0.05) is 50.2 Å². The van der Waals surface area contributed by atoms with Gasteiger partial charge in [-0.15, -0.1) is 0 Å². The van der Waals surface area contributed by atoms with Crippen molar-refractivity contribution in [3.63, 3.8) is 0 Å². The van der Waals surface area contributed by atoms with Crippen molar-refractivity contribution in [3.05, 3.63) is 22.7 Å². The van der Waals surface area contributed by atoms with Gasteiger partial charge in [-0.25, -0.2) is 0 Å². The number of hydrogen-bond acceptors (Lipinski definition) is 10. The normalized spacial score (nSPS) is 21.0. The Hall–Kier alpha value is -3.30. The van der Waals surface area contributed by atoms with Crippen molar-refractivity contribution in [3.8, 4) is 0 Å². The molecule has 0 saturated heterocycles. The molecule has 38 heavy (non-hydrogen) atoms. The molecule has 0 aliphatic heterocycles. The Labute approximate surface area is 223 Å². The predicted molar refractivity (Wildman–Crippen MR) is 143 cm³/mol. The lowest BCUT2D eigenvalue weighted by Gasteiger charge is -2.18. The number of aliphatic imine (C=N–C) groups is 2. The third kappa shape index (κ3) is 9.87.